The van der Waals surface area contributed by atoms with Gasteiger partial charge in [0.15, 0.2) is 0 Å². The Hall–Kier alpha value is -2.21. The number of fused-ring (bicyclic) bond motifs is 1. The van der Waals surface area contributed by atoms with E-state index in [1.54, 1.807) is 23.1 Å². The first-order valence-electron chi connectivity index (χ1n) is 9.14. The topological polar surface area (TPSA) is 70.9 Å². The summed E-state index contributed by atoms with van der Waals surface area (Å²) in [5.41, 5.74) is 1.26. The van der Waals surface area contributed by atoms with Crippen LogP contribution >= 0.6 is 0 Å². The number of rotatable bonds is 5. The summed E-state index contributed by atoms with van der Waals surface area (Å²) in [5, 5.41) is 3.00. The SMILES string of the molecule is CCC[NH+]1CCC(NC(=O)CN2C(=O)Cc3ccccc3C2=O)CC1. The Morgan fingerprint density at radius 1 is 1.24 bits per heavy atom. The lowest BCUT2D eigenvalue weighted by atomic mass is 9.98. The van der Waals surface area contributed by atoms with Crippen LogP contribution in [-0.2, 0) is 16.0 Å². The van der Waals surface area contributed by atoms with Crippen LogP contribution in [0.15, 0.2) is 24.3 Å². The Morgan fingerprint density at radius 2 is 1.96 bits per heavy atom. The maximum absolute atomic E-state index is 12.5. The predicted octanol–water partition coefficient (Wildman–Crippen LogP) is -0.215. The second-order valence-corrected chi connectivity index (χ2v) is 6.96. The fourth-order valence-electron chi connectivity index (χ4n) is 3.75. The minimum atomic E-state index is -0.371. The molecule has 0 unspecified atom stereocenters. The minimum absolute atomic E-state index is 0.149. The summed E-state index contributed by atoms with van der Waals surface area (Å²) in [6.45, 7) is 5.30. The number of quaternary nitrogens is 1. The number of piperidine rings is 1. The zero-order chi connectivity index (χ0) is 17.8. The Bertz CT molecular complexity index is 666. The van der Waals surface area contributed by atoms with Crippen LogP contribution in [0.25, 0.3) is 0 Å². The van der Waals surface area contributed by atoms with Crippen LogP contribution in [0.4, 0.5) is 0 Å². The number of carbonyl (C=O) groups is 3. The molecule has 0 aliphatic carbocycles. The van der Waals surface area contributed by atoms with Gasteiger partial charge in [-0.3, -0.25) is 19.3 Å². The van der Waals surface area contributed by atoms with Gasteiger partial charge in [0.2, 0.25) is 11.8 Å². The van der Waals surface area contributed by atoms with Crippen molar-refractivity contribution in [3.8, 4) is 0 Å². The maximum atomic E-state index is 12.5. The van der Waals surface area contributed by atoms with Crippen LogP contribution in [0.5, 0.6) is 0 Å². The van der Waals surface area contributed by atoms with Gasteiger partial charge in [-0.2, -0.15) is 0 Å². The van der Waals surface area contributed by atoms with Crippen LogP contribution < -0.4 is 10.2 Å². The number of likely N-dealkylation sites (tertiary alicyclic amines) is 1. The van der Waals surface area contributed by atoms with Gasteiger partial charge in [-0.25, -0.2) is 0 Å². The molecular weight excluding hydrogens is 318 g/mol. The van der Waals surface area contributed by atoms with Crippen LogP contribution in [0.1, 0.15) is 42.1 Å². The molecule has 2 heterocycles. The number of hydrogen-bond acceptors (Lipinski definition) is 3. The maximum Gasteiger partial charge on any atom is 0.261 e. The van der Waals surface area contributed by atoms with E-state index in [9.17, 15) is 14.4 Å². The van der Waals surface area contributed by atoms with Crippen molar-refractivity contribution in [1.29, 1.82) is 0 Å². The third-order valence-electron chi connectivity index (χ3n) is 5.10. The minimum Gasteiger partial charge on any atom is -0.351 e. The molecule has 0 atom stereocenters. The lowest BCUT2D eigenvalue weighted by molar-refractivity contribution is -0.905. The Balaban J connectivity index is 1.55. The van der Waals surface area contributed by atoms with Crippen molar-refractivity contribution >= 4 is 17.7 Å². The van der Waals surface area contributed by atoms with Crippen molar-refractivity contribution < 1.29 is 19.3 Å². The summed E-state index contributed by atoms with van der Waals surface area (Å²) >= 11 is 0. The van der Waals surface area contributed by atoms with Crippen molar-refractivity contribution in [2.24, 2.45) is 0 Å². The van der Waals surface area contributed by atoms with Crippen LogP contribution in [0.3, 0.4) is 0 Å². The van der Waals surface area contributed by atoms with Crippen LogP contribution in [-0.4, -0.2) is 54.8 Å². The highest BCUT2D eigenvalue weighted by atomic mass is 16.2. The van der Waals surface area contributed by atoms with E-state index in [0.29, 0.717) is 5.56 Å². The molecule has 0 aromatic heterocycles. The molecule has 134 valence electrons. The summed E-state index contributed by atoms with van der Waals surface area (Å²) in [7, 11) is 0. The average Bonchev–Trinajstić information content (AvgIpc) is 2.60. The van der Waals surface area contributed by atoms with Crippen molar-refractivity contribution in [2.45, 2.75) is 38.6 Å². The molecule has 0 spiro atoms. The monoisotopic (exact) mass is 344 g/mol. The summed E-state index contributed by atoms with van der Waals surface area (Å²) in [6.07, 6.45) is 3.25. The van der Waals surface area contributed by atoms with Gasteiger partial charge in [-0.05, 0) is 18.1 Å². The molecule has 2 N–H and O–H groups in total. The van der Waals surface area contributed by atoms with Crippen molar-refractivity contribution in [3.05, 3.63) is 35.4 Å². The van der Waals surface area contributed by atoms with Gasteiger partial charge >= 0.3 is 0 Å². The number of carbonyl (C=O) groups excluding carboxylic acids is 3. The van der Waals surface area contributed by atoms with Gasteiger partial charge in [0.1, 0.15) is 6.54 Å². The number of hydrogen-bond donors (Lipinski definition) is 2. The van der Waals surface area contributed by atoms with Crippen molar-refractivity contribution in [3.63, 3.8) is 0 Å². The Kier molecular flexibility index (Phi) is 5.48. The van der Waals surface area contributed by atoms with E-state index in [2.05, 4.69) is 12.2 Å². The van der Waals surface area contributed by atoms with E-state index in [0.717, 1.165) is 36.4 Å². The first-order valence-corrected chi connectivity index (χ1v) is 9.14. The molecule has 3 rings (SSSR count). The fourth-order valence-corrected chi connectivity index (χ4v) is 3.75. The fraction of sp³-hybridized carbons (Fsp3) is 0.526. The molecule has 1 saturated heterocycles. The van der Waals surface area contributed by atoms with Gasteiger partial charge in [-0.15, -0.1) is 0 Å². The van der Waals surface area contributed by atoms with E-state index in [1.807, 2.05) is 6.07 Å². The van der Waals surface area contributed by atoms with Crippen molar-refractivity contribution in [2.75, 3.05) is 26.2 Å². The van der Waals surface area contributed by atoms with E-state index >= 15 is 0 Å². The number of imide groups is 1. The number of benzene rings is 1. The normalized spacial score (nSPS) is 23.3. The highest BCUT2D eigenvalue weighted by Gasteiger charge is 2.32. The molecule has 1 aromatic carbocycles. The van der Waals surface area contributed by atoms with Crippen molar-refractivity contribution in [1.82, 2.24) is 10.2 Å². The van der Waals surface area contributed by atoms with Gasteiger partial charge in [-0.1, -0.05) is 25.1 Å². The smallest absolute Gasteiger partial charge is 0.261 e. The standard InChI is InChI=1S/C19H25N3O3/c1-2-9-21-10-7-15(8-11-21)20-17(23)13-22-18(24)12-14-5-3-4-6-16(14)19(22)25/h3-6,15H,2,7-13H2,1H3,(H,20,23)/p+1. The van der Waals surface area contributed by atoms with Gasteiger partial charge < -0.3 is 10.2 Å². The van der Waals surface area contributed by atoms with E-state index < -0.39 is 0 Å². The van der Waals surface area contributed by atoms with Crippen LogP contribution in [0.2, 0.25) is 0 Å². The van der Waals surface area contributed by atoms with Gasteiger partial charge in [0.05, 0.1) is 26.1 Å². The van der Waals surface area contributed by atoms with E-state index in [-0.39, 0.29) is 36.7 Å². The predicted molar refractivity (Wildman–Crippen MR) is 93.2 cm³/mol. The van der Waals surface area contributed by atoms with E-state index in [1.165, 1.54) is 13.0 Å². The lowest BCUT2D eigenvalue weighted by Gasteiger charge is -2.31. The first kappa shape index (κ1) is 17.6. The molecule has 3 amide bonds. The summed E-state index contributed by atoms with van der Waals surface area (Å²) < 4.78 is 0. The molecule has 2 aliphatic heterocycles. The second-order valence-electron chi connectivity index (χ2n) is 6.96. The molecule has 6 heteroatoms. The summed E-state index contributed by atoms with van der Waals surface area (Å²) in [6, 6.07) is 7.23. The zero-order valence-electron chi connectivity index (χ0n) is 14.7. The lowest BCUT2D eigenvalue weighted by Crippen LogP contribution is -3.13. The highest BCUT2D eigenvalue weighted by molar-refractivity contribution is 6.11. The van der Waals surface area contributed by atoms with E-state index in [4.69, 9.17) is 0 Å². The first-order chi connectivity index (χ1) is 12.1. The largest absolute Gasteiger partial charge is 0.351 e. The molecule has 0 bridgehead atoms. The Labute approximate surface area is 148 Å². The molecule has 0 radical (unpaired) electrons. The molecule has 1 aromatic rings. The zero-order valence-corrected chi connectivity index (χ0v) is 14.7. The van der Waals surface area contributed by atoms with Crippen LogP contribution in [0, 0.1) is 0 Å². The second kappa shape index (κ2) is 7.78. The number of nitrogens with one attached hydrogen (secondary N) is 2. The summed E-state index contributed by atoms with van der Waals surface area (Å²) in [5.74, 6) is -0.921. The third kappa shape index (κ3) is 4.07. The number of nitrogens with zero attached hydrogens (tertiary/aromatic N) is 1. The third-order valence-corrected chi connectivity index (χ3v) is 5.10. The quantitative estimate of drug-likeness (QED) is 0.726. The Morgan fingerprint density at radius 3 is 2.68 bits per heavy atom. The molecular formula is C19H26N3O3+. The molecule has 0 saturated carbocycles. The summed E-state index contributed by atoms with van der Waals surface area (Å²) in [4.78, 5) is 39.7. The highest BCUT2D eigenvalue weighted by Crippen LogP contribution is 2.19. The molecule has 6 nitrogen and oxygen atoms in total. The van der Waals surface area contributed by atoms with Gasteiger partial charge in [0, 0.05) is 24.4 Å². The number of amides is 3. The van der Waals surface area contributed by atoms with Gasteiger partial charge in [0.25, 0.3) is 5.91 Å². The molecule has 2 aliphatic rings. The molecule has 1 fully saturated rings. The molecule has 25 heavy (non-hydrogen) atoms. The average molecular weight is 344 g/mol.